The number of aromatic nitrogens is 2. The number of carbonyl (C=O) groups is 1. The number of nitrogens with one attached hydrogen (secondary N) is 2. The first-order chi connectivity index (χ1) is 15.0. The SMILES string of the molecule is COc1ccc(NC(=O)C(C)Sc2nc3scc(-c4ccccc4)c3c(=O)[nH]2)cc1Cl. The quantitative estimate of drug-likeness (QED) is 0.289. The lowest BCUT2D eigenvalue weighted by Crippen LogP contribution is -2.23. The molecule has 31 heavy (non-hydrogen) atoms. The first-order valence-electron chi connectivity index (χ1n) is 9.34. The maximum absolute atomic E-state index is 12.8. The monoisotopic (exact) mass is 471 g/mol. The molecule has 2 N–H and O–H groups in total. The number of nitrogens with zero attached hydrogens (tertiary/aromatic N) is 1. The van der Waals surface area contributed by atoms with Crippen LogP contribution >= 0.6 is 34.7 Å². The van der Waals surface area contributed by atoms with Crippen molar-refractivity contribution < 1.29 is 9.53 Å². The van der Waals surface area contributed by atoms with Gasteiger partial charge in [-0.3, -0.25) is 9.59 Å². The highest BCUT2D eigenvalue weighted by Crippen LogP contribution is 2.32. The standard InChI is InChI=1S/C22H18ClN3O3S2/c1-12(19(27)24-14-8-9-17(29-2)16(23)10-14)31-22-25-20(28)18-15(11-30-21(18)26-22)13-6-4-3-5-7-13/h3-12H,1-2H3,(H,24,27)(H,25,26,28). The van der Waals surface area contributed by atoms with Gasteiger partial charge in [0.15, 0.2) is 5.16 Å². The molecule has 0 saturated carbocycles. The third-order valence-corrected chi connectivity index (χ3v) is 6.74. The van der Waals surface area contributed by atoms with E-state index >= 15 is 0 Å². The van der Waals surface area contributed by atoms with Crippen LogP contribution in [-0.2, 0) is 4.79 Å². The van der Waals surface area contributed by atoms with Crippen LogP contribution in [0.3, 0.4) is 0 Å². The summed E-state index contributed by atoms with van der Waals surface area (Å²) < 4.78 is 5.12. The zero-order chi connectivity index (χ0) is 22.0. The number of hydrogen-bond donors (Lipinski definition) is 2. The normalized spacial score (nSPS) is 12.0. The minimum Gasteiger partial charge on any atom is -0.495 e. The predicted octanol–water partition coefficient (Wildman–Crippen LogP) is 5.43. The highest BCUT2D eigenvalue weighted by atomic mass is 35.5. The van der Waals surface area contributed by atoms with Gasteiger partial charge >= 0.3 is 0 Å². The smallest absolute Gasteiger partial charge is 0.260 e. The predicted molar refractivity (Wildman–Crippen MR) is 128 cm³/mol. The van der Waals surface area contributed by atoms with Gasteiger partial charge in [-0.1, -0.05) is 53.7 Å². The molecule has 2 aromatic heterocycles. The molecule has 0 aliphatic rings. The van der Waals surface area contributed by atoms with Gasteiger partial charge in [-0.05, 0) is 30.7 Å². The van der Waals surface area contributed by atoms with Gasteiger partial charge < -0.3 is 15.0 Å². The van der Waals surface area contributed by atoms with E-state index in [1.807, 2.05) is 35.7 Å². The van der Waals surface area contributed by atoms with Crippen molar-refractivity contribution in [3.63, 3.8) is 0 Å². The van der Waals surface area contributed by atoms with E-state index in [1.165, 1.54) is 30.2 Å². The Morgan fingerprint density at radius 1 is 1.26 bits per heavy atom. The summed E-state index contributed by atoms with van der Waals surface area (Å²) in [7, 11) is 1.53. The molecule has 2 heterocycles. The zero-order valence-corrected chi connectivity index (χ0v) is 19.0. The van der Waals surface area contributed by atoms with Gasteiger partial charge in [-0.25, -0.2) is 4.98 Å². The molecule has 1 unspecified atom stereocenters. The van der Waals surface area contributed by atoms with Crippen LogP contribution in [0.2, 0.25) is 5.02 Å². The van der Waals surface area contributed by atoms with Crippen LogP contribution in [0.1, 0.15) is 6.92 Å². The second kappa shape index (κ2) is 9.13. The number of hydrogen-bond acceptors (Lipinski definition) is 6. The van der Waals surface area contributed by atoms with Crippen molar-refractivity contribution in [3.8, 4) is 16.9 Å². The third-order valence-electron chi connectivity index (χ3n) is 4.58. The number of carbonyl (C=O) groups excluding carboxylic acids is 1. The second-order valence-electron chi connectivity index (χ2n) is 6.67. The number of H-pyrrole nitrogens is 1. The Bertz CT molecular complexity index is 1300. The molecule has 1 atom stereocenters. The summed E-state index contributed by atoms with van der Waals surface area (Å²) in [6, 6.07) is 14.7. The molecule has 0 radical (unpaired) electrons. The highest BCUT2D eigenvalue weighted by molar-refractivity contribution is 8.00. The zero-order valence-electron chi connectivity index (χ0n) is 16.6. The van der Waals surface area contributed by atoms with Crippen LogP contribution in [0.5, 0.6) is 5.75 Å². The summed E-state index contributed by atoms with van der Waals surface area (Å²) in [5.74, 6) is 0.299. The molecule has 0 aliphatic heterocycles. The lowest BCUT2D eigenvalue weighted by molar-refractivity contribution is -0.115. The number of ether oxygens (including phenoxy) is 1. The number of aromatic amines is 1. The molecule has 4 aromatic rings. The van der Waals surface area contributed by atoms with Gasteiger partial charge in [0.1, 0.15) is 10.6 Å². The van der Waals surface area contributed by atoms with Crippen molar-refractivity contribution in [1.82, 2.24) is 9.97 Å². The molecule has 4 rings (SSSR count). The Labute approximate surface area is 191 Å². The Hall–Kier alpha value is -2.81. The van der Waals surface area contributed by atoms with E-state index in [0.717, 1.165) is 11.1 Å². The molecular weight excluding hydrogens is 454 g/mol. The number of halogens is 1. The van der Waals surface area contributed by atoms with Crippen LogP contribution in [0.25, 0.3) is 21.3 Å². The molecule has 6 nitrogen and oxygen atoms in total. The Morgan fingerprint density at radius 2 is 2.03 bits per heavy atom. The second-order valence-corrected chi connectivity index (χ2v) is 9.26. The first-order valence-corrected chi connectivity index (χ1v) is 11.5. The van der Waals surface area contributed by atoms with Crippen molar-refractivity contribution in [2.24, 2.45) is 0 Å². The highest BCUT2D eigenvalue weighted by Gasteiger charge is 2.19. The van der Waals surface area contributed by atoms with Crippen molar-refractivity contribution >= 4 is 56.5 Å². The average molecular weight is 472 g/mol. The Kier molecular flexibility index (Phi) is 6.31. The summed E-state index contributed by atoms with van der Waals surface area (Å²) in [6.45, 7) is 1.75. The van der Waals surface area contributed by atoms with Crippen LogP contribution in [0.4, 0.5) is 5.69 Å². The number of amides is 1. The maximum Gasteiger partial charge on any atom is 0.260 e. The minimum atomic E-state index is -0.491. The number of methoxy groups -OCH3 is 1. The molecule has 2 aromatic carbocycles. The number of fused-ring (bicyclic) bond motifs is 1. The van der Waals surface area contributed by atoms with Gasteiger partial charge in [0.05, 0.1) is 22.8 Å². The molecule has 9 heteroatoms. The lowest BCUT2D eigenvalue weighted by Gasteiger charge is -2.12. The lowest BCUT2D eigenvalue weighted by atomic mass is 10.1. The minimum absolute atomic E-state index is 0.220. The van der Waals surface area contributed by atoms with E-state index in [9.17, 15) is 9.59 Å². The van der Waals surface area contributed by atoms with Crippen molar-refractivity contribution in [1.29, 1.82) is 0 Å². The molecule has 158 valence electrons. The maximum atomic E-state index is 12.8. The topological polar surface area (TPSA) is 84.1 Å². The van der Waals surface area contributed by atoms with Gasteiger partial charge in [0, 0.05) is 16.6 Å². The van der Waals surface area contributed by atoms with Crippen LogP contribution in [0, 0.1) is 0 Å². The fourth-order valence-electron chi connectivity index (χ4n) is 3.02. The fraction of sp³-hybridized carbons (Fsp3) is 0.136. The van der Waals surface area contributed by atoms with Gasteiger partial charge in [0.25, 0.3) is 5.56 Å². The summed E-state index contributed by atoms with van der Waals surface area (Å²) in [5, 5.41) is 5.62. The number of rotatable bonds is 6. The van der Waals surface area contributed by atoms with Crippen molar-refractivity contribution in [2.75, 3.05) is 12.4 Å². The van der Waals surface area contributed by atoms with Crippen molar-refractivity contribution in [2.45, 2.75) is 17.3 Å². The largest absolute Gasteiger partial charge is 0.495 e. The Balaban J connectivity index is 1.52. The van der Waals surface area contributed by atoms with Gasteiger partial charge in [0.2, 0.25) is 5.91 Å². The number of anilines is 1. The molecule has 1 amide bonds. The molecule has 0 bridgehead atoms. The Morgan fingerprint density at radius 3 is 2.74 bits per heavy atom. The number of benzene rings is 2. The summed E-state index contributed by atoms with van der Waals surface area (Å²) in [6.07, 6.45) is 0. The summed E-state index contributed by atoms with van der Waals surface area (Å²) in [4.78, 5) is 33.4. The van der Waals surface area contributed by atoms with E-state index in [2.05, 4.69) is 15.3 Å². The molecule has 0 spiro atoms. The van der Waals surface area contributed by atoms with E-state index in [1.54, 1.807) is 25.1 Å². The van der Waals surface area contributed by atoms with Crippen LogP contribution in [0.15, 0.2) is 63.9 Å². The van der Waals surface area contributed by atoms with Crippen molar-refractivity contribution in [3.05, 3.63) is 69.3 Å². The van der Waals surface area contributed by atoms with E-state index in [0.29, 0.717) is 31.8 Å². The van der Waals surface area contributed by atoms with Gasteiger partial charge in [-0.15, -0.1) is 11.3 Å². The fourth-order valence-corrected chi connectivity index (χ4v) is 5.08. The molecule has 0 fully saturated rings. The van der Waals surface area contributed by atoms with E-state index < -0.39 is 5.25 Å². The average Bonchev–Trinajstić information content (AvgIpc) is 3.19. The third kappa shape index (κ3) is 4.61. The van der Waals surface area contributed by atoms with Crippen LogP contribution < -0.4 is 15.6 Å². The molecular formula is C22H18ClN3O3S2. The molecule has 0 aliphatic carbocycles. The van der Waals surface area contributed by atoms with Gasteiger partial charge in [-0.2, -0.15) is 0 Å². The summed E-state index contributed by atoms with van der Waals surface area (Å²) in [5.41, 5.74) is 2.16. The number of thiophene rings is 1. The molecule has 0 saturated heterocycles. The van der Waals surface area contributed by atoms with Crippen LogP contribution in [-0.4, -0.2) is 28.2 Å². The van der Waals surface area contributed by atoms with E-state index in [4.69, 9.17) is 16.3 Å². The van der Waals surface area contributed by atoms with E-state index in [-0.39, 0.29) is 11.5 Å². The first kappa shape index (κ1) is 21.4. The summed E-state index contributed by atoms with van der Waals surface area (Å²) >= 11 is 8.71. The number of thioether (sulfide) groups is 1.